The van der Waals surface area contributed by atoms with Gasteiger partial charge in [-0.05, 0) is 32.0 Å². The Labute approximate surface area is 126 Å². The summed E-state index contributed by atoms with van der Waals surface area (Å²) in [7, 11) is 0. The van der Waals surface area contributed by atoms with Crippen LogP contribution in [0, 0.1) is 0 Å². The molecular weight excluding hydrogens is 296 g/mol. The highest BCUT2D eigenvalue weighted by Gasteiger charge is 2.41. The molecule has 0 atom stereocenters. The van der Waals surface area contributed by atoms with Gasteiger partial charge < -0.3 is 19.7 Å². The van der Waals surface area contributed by atoms with Crippen LogP contribution in [0.1, 0.15) is 12.8 Å². The molecule has 2 saturated heterocycles. The van der Waals surface area contributed by atoms with E-state index in [2.05, 4.69) is 15.0 Å². The van der Waals surface area contributed by atoms with Crippen molar-refractivity contribution in [1.29, 1.82) is 0 Å². The fourth-order valence-electron chi connectivity index (χ4n) is 2.83. The number of nitrogens with zero attached hydrogens (tertiary/aromatic N) is 2. The number of rotatable bonds is 3. The number of piperidine rings is 1. The van der Waals surface area contributed by atoms with E-state index in [1.54, 1.807) is 11.0 Å². The fraction of sp³-hybridized carbons (Fsp3) is 0.571. The van der Waals surface area contributed by atoms with Crippen LogP contribution >= 0.6 is 0 Å². The zero-order valence-electron chi connectivity index (χ0n) is 11.9. The first-order chi connectivity index (χ1) is 10.6. The second kappa shape index (κ2) is 6.13. The molecule has 1 N–H and O–H groups in total. The number of halogens is 2. The summed E-state index contributed by atoms with van der Waals surface area (Å²) < 4.78 is 34.2. The number of nitrogens with one attached hydrogen (secondary N) is 1. The number of carbonyl (C=O) groups is 1. The van der Waals surface area contributed by atoms with Crippen molar-refractivity contribution in [2.45, 2.75) is 25.1 Å². The van der Waals surface area contributed by atoms with E-state index in [9.17, 15) is 13.6 Å². The number of hydrogen-bond acceptors (Lipinski definition) is 5. The van der Waals surface area contributed by atoms with Crippen LogP contribution in [-0.2, 0) is 9.53 Å². The lowest BCUT2D eigenvalue weighted by atomic mass is 9.90. The predicted octanol–water partition coefficient (Wildman–Crippen LogP) is 1.17. The van der Waals surface area contributed by atoms with Crippen molar-refractivity contribution in [2.24, 2.45) is 0 Å². The molecule has 2 fully saturated rings. The molecule has 6 nitrogen and oxygen atoms in total. The minimum absolute atomic E-state index is 0.0231. The van der Waals surface area contributed by atoms with Gasteiger partial charge in [-0.1, -0.05) is 0 Å². The summed E-state index contributed by atoms with van der Waals surface area (Å²) in [4.78, 5) is 17.5. The van der Waals surface area contributed by atoms with Crippen molar-refractivity contribution in [2.75, 3.05) is 31.1 Å². The van der Waals surface area contributed by atoms with Crippen LogP contribution in [-0.4, -0.2) is 49.3 Å². The normalized spacial score (nSPS) is 21.4. The number of amides is 1. The third-order valence-electron chi connectivity index (χ3n) is 4.01. The van der Waals surface area contributed by atoms with Crippen molar-refractivity contribution >= 4 is 11.6 Å². The smallest absolute Gasteiger partial charge is 0.388 e. The van der Waals surface area contributed by atoms with Gasteiger partial charge in [-0.25, -0.2) is 4.98 Å². The van der Waals surface area contributed by atoms with E-state index in [4.69, 9.17) is 4.74 Å². The molecule has 22 heavy (non-hydrogen) atoms. The quantitative estimate of drug-likeness (QED) is 0.907. The van der Waals surface area contributed by atoms with Gasteiger partial charge in [0.2, 0.25) is 5.88 Å². The lowest BCUT2D eigenvalue weighted by molar-refractivity contribution is -0.141. The van der Waals surface area contributed by atoms with E-state index in [0.29, 0.717) is 12.2 Å². The summed E-state index contributed by atoms with van der Waals surface area (Å²) in [5, 5.41) is 3.26. The second-order valence-corrected chi connectivity index (χ2v) is 5.43. The lowest BCUT2D eigenvalue weighted by Crippen LogP contribution is -2.58. The van der Waals surface area contributed by atoms with E-state index in [-0.39, 0.29) is 24.0 Å². The van der Waals surface area contributed by atoms with E-state index in [1.165, 1.54) is 12.3 Å². The summed E-state index contributed by atoms with van der Waals surface area (Å²) in [6.07, 6.45) is 3.03. The Morgan fingerprint density at radius 1 is 1.36 bits per heavy atom. The van der Waals surface area contributed by atoms with Gasteiger partial charge in [0.05, 0.1) is 24.0 Å². The van der Waals surface area contributed by atoms with Gasteiger partial charge in [-0.15, -0.1) is 0 Å². The first-order valence-electron chi connectivity index (χ1n) is 7.14. The predicted molar refractivity (Wildman–Crippen MR) is 74.0 cm³/mol. The average molecular weight is 313 g/mol. The van der Waals surface area contributed by atoms with Crippen LogP contribution in [0.15, 0.2) is 18.3 Å². The molecule has 0 radical (unpaired) electrons. The van der Waals surface area contributed by atoms with Crippen molar-refractivity contribution < 1.29 is 23.0 Å². The third-order valence-corrected chi connectivity index (χ3v) is 4.01. The molecule has 3 heterocycles. The van der Waals surface area contributed by atoms with Gasteiger partial charge >= 0.3 is 6.61 Å². The van der Waals surface area contributed by atoms with Gasteiger partial charge in [0.1, 0.15) is 6.61 Å². The highest BCUT2D eigenvalue weighted by Crippen LogP contribution is 2.31. The number of hydrogen-bond donors (Lipinski definition) is 1. The molecule has 1 amide bonds. The van der Waals surface area contributed by atoms with E-state index >= 15 is 0 Å². The molecule has 1 aromatic heterocycles. The number of alkyl halides is 2. The van der Waals surface area contributed by atoms with Gasteiger partial charge in [-0.2, -0.15) is 8.78 Å². The summed E-state index contributed by atoms with van der Waals surface area (Å²) in [5.41, 5.74) is 0.227. The average Bonchev–Trinajstić information content (AvgIpc) is 2.51. The molecule has 2 aliphatic rings. The monoisotopic (exact) mass is 313 g/mol. The molecule has 0 saturated carbocycles. The first kappa shape index (κ1) is 15.1. The first-order valence-corrected chi connectivity index (χ1v) is 7.14. The van der Waals surface area contributed by atoms with E-state index in [0.717, 1.165) is 25.9 Å². The topological polar surface area (TPSA) is 63.7 Å². The summed E-state index contributed by atoms with van der Waals surface area (Å²) >= 11 is 0. The Morgan fingerprint density at radius 2 is 2.14 bits per heavy atom. The fourth-order valence-corrected chi connectivity index (χ4v) is 2.83. The molecule has 0 aliphatic carbocycles. The van der Waals surface area contributed by atoms with Gasteiger partial charge in [0.25, 0.3) is 5.91 Å². The molecule has 2 aliphatic heterocycles. The maximum atomic E-state index is 12.1. The van der Waals surface area contributed by atoms with Crippen molar-refractivity contribution in [1.82, 2.24) is 10.3 Å². The number of anilines is 1. The SMILES string of the molecule is O=C1COC2(CCNCC2)CN1c1ccc(OC(F)F)nc1. The summed E-state index contributed by atoms with van der Waals surface area (Å²) in [5.74, 6) is -0.329. The molecule has 0 bridgehead atoms. The number of morpholine rings is 1. The maximum Gasteiger partial charge on any atom is 0.388 e. The van der Waals surface area contributed by atoms with Crippen LogP contribution < -0.4 is 15.0 Å². The molecular formula is C14H17F2N3O3. The van der Waals surface area contributed by atoms with Gasteiger partial charge in [0, 0.05) is 6.07 Å². The lowest BCUT2D eigenvalue weighted by Gasteiger charge is -2.44. The summed E-state index contributed by atoms with van der Waals surface area (Å²) in [6, 6.07) is 2.89. The van der Waals surface area contributed by atoms with Gasteiger partial charge in [0.15, 0.2) is 0 Å². The number of ether oxygens (including phenoxy) is 2. The maximum absolute atomic E-state index is 12.1. The molecule has 1 spiro atoms. The molecule has 0 aromatic carbocycles. The van der Waals surface area contributed by atoms with E-state index in [1.807, 2.05) is 0 Å². The largest absolute Gasteiger partial charge is 0.417 e. The Kier molecular flexibility index (Phi) is 4.21. The Hall–Kier alpha value is -1.80. The third kappa shape index (κ3) is 3.17. The van der Waals surface area contributed by atoms with Crippen molar-refractivity contribution in [3.63, 3.8) is 0 Å². The zero-order chi connectivity index (χ0) is 15.6. The zero-order valence-corrected chi connectivity index (χ0v) is 11.9. The van der Waals surface area contributed by atoms with Crippen molar-refractivity contribution in [3.8, 4) is 5.88 Å². The molecule has 1 aromatic rings. The Balaban J connectivity index is 1.75. The number of carbonyl (C=O) groups excluding carboxylic acids is 1. The Bertz CT molecular complexity index is 533. The molecule has 0 unspecified atom stereocenters. The van der Waals surface area contributed by atoms with Crippen LogP contribution in [0.4, 0.5) is 14.5 Å². The molecule has 8 heteroatoms. The highest BCUT2D eigenvalue weighted by molar-refractivity contribution is 5.95. The number of aromatic nitrogens is 1. The standard InChI is InChI=1S/C14H17F2N3O3/c15-13(16)22-11-2-1-10(7-18-11)19-9-14(21-8-12(19)20)3-5-17-6-4-14/h1-2,7,13,17H,3-6,8-9H2. The summed E-state index contributed by atoms with van der Waals surface area (Å²) in [6.45, 7) is -0.746. The number of pyridine rings is 1. The van der Waals surface area contributed by atoms with Crippen LogP contribution in [0.2, 0.25) is 0 Å². The minimum atomic E-state index is -2.92. The Morgan fingerprint density at radius 3 is 2.77 bits per heavy atom. The van der Waals surface area contributed by atoms with Crippen LogP contribution in [0.3, 0.4) is 0 Å². The highest BCUT2D eigenvalue weighted by atomic mass is 19.3. The second-order valence-electron chi connectivity index (χ2n) is 5.43. The van der Waals surface area contributed by atoms with Gasteiger partial charge in [-0.3, -0.25) is 4.79 Å². The van der Waals surface area contributed by atoms with E-state index < -0.39 is 6.61 Å². The minimum Gasteiger partial charge on any atom is -0.417 e. The van der Waals surface area contributed by atoms with Crippen molar-refractivity contribution in [3.05, 3.63) is 18.3 Å². The van der Waals surface area contributed by atoms with Crippen LogP contribution in [0.25, 0.3) is 0 Å². The van der Waals surface area contributed by atoms with Crippen LogP contribution in [0.5, 0.6) is 5.88 Å². The molecule has 120 valence electrons. The molecule has 3 rings (SSSR count).